The fraction of sp³-hybridized carbons (Fsp3) is 0. The number of nitrogens with one attached hydrogen (secondary N) is 2. The van der Waals surface area contributed by atoms with Crippen molar-refractivity contribution in [1.82, 2.24) is 9.97 Å². The van der Waals surface area contributed by atoms with Gasteiger partial charge in [0.2, 0.25) is 5.28 Å². The first kappa shape index (κ1) is 12.5. The molecule has 2 aromatic carbocycles. The molecule has 3 N–H and O–H groups in total. The average molecular weight is 288 g/mol. The summed E-state index contributed by atoms with van der Waals surface area (Å²) < 4.78 is 0. The number of anilines is 2. The molecule has 0 radical (unpaired) electrons. The summed E-state index contributed by atoms with van der Waals surface area (Å²) in [6.45, 7) is 0. The standard InChI is InChI=1S/C14H10ClN3O2/c15-14-17-11-6-5-8(7-12(11)18-14)16-10-4-2-1-3-9(10)13(19)20/h1-7,16H,(H,17,18)(H,19,20). The van der Waals surface area contributed by atoms with E-state index in [0.717, 1.165) is 16.7 Å². The van der Waals surface area contributed by atoms with E-state index in [9.17, 15) is 4.79 Å². The highest BCUT2D eigenvalue weighted by Gasteiger charge is 2.09. The number of halogens is 1. The molecule has 0 saturated heterocycles. The molecule has 5 nitrogen and oxygen atoms in total. The smallest absolute Gasteiger partial charge is 0.337 e. The highest BCUT2D eigenvalue weighted by atomic mass is 35.5. The average Bonchev–Trinajstić information content (AvgIpc) is 2.78. The third kappa shape index (κ3) is 2.31. The molecule has 0 aliphatic heterocycles. The van der Waals surface area contributed by atoms with Crippen molar-refractivity contribution in [3.8, 4) is 0 Å². The molecular formula is C14H10ClN3O2. The third-order valence-electron chi connectivity index (χ3n) is 2.89. The first-order valence-corrected chi connectivity index (χ1v) is 6.26. The van der Waals surface area contributed by atoms with Crippen LogP contribution in [0.15, 0.2) is 42.5 Å². The maximum atomic E-state index is 11.2. The lowest BCUT2D eigenvalue weighted by Gasteiger charge is -2.09. The number of nitrogens with zero attached hydrogens (tertiary/aromatic N) is 1. The van der Waals surface area contributed by atoms with E-state index in [1.807, 2.05) is 18.2 Å². The highest BCUT2D eigenvalue weighted by molar-refractivity contribution is 6.29. The van der Waals surface area contributed by atoms with Gasteiger partial charge < -0.3 is 15.4 Å². The molecule has 0 atom stereocenters. The van der Waals surface area contributed by atoms with Crippen LogP contribution < -0.4 is 5.32 Å². The molecule has 0 bridgehead atoms. The molecule has 1 aromatic heterocycles. The van der Waals surface area contributed by atoms with E-state index >= 15 is 0 Å². The van der Waals surface area contributed by atoms with Gasteiger partial charge in [0.25, 0.3) is 0 Å². The van der Waals surface area contributed by atoms with Crippen molar-refractivity contribution in [3.05, 3.63) is 53.3 Å². The molecule has 3 rings (SSSR count). The first-order chi connectivity index (χ1) is 9.63. The summed E-state index contributed by atoms with van der Waals surface area (Å²) in [6.07, 6.45) is 0. The zero-order valence-electron chi connectivity index (χ0n) is 10.2. The molecule has 0 saturated carbocycles. The van der Waals surface area contributed by atoms with E-state index in [1.54, 1.807) is 24.3 Å². The number of hydrogen-bond donors (Lipinski definition) is 3. The number of hydrogen-bond acceptors (Lipinski definition) is 3. The van der Waals surface area contributed by atoms with Crippen molar-refractivity contribution in [2.75, 3.05) is 5.32 Å². The monoisotopic (exact) mass is 287 g/mol. The number of para-hydroxylation sites is 1. The van der Waals surface area contributed by atoms with Crippen LogP contribution in [0, 0.1) is 0 Å². The van der Waals surface area contributed by atoms with Crippen LogP contribution >= 0.6 is 11.6 Å². The van der Waals surface area contributed by atoms with Crippen molar-refractivity contribution in [3.63, 3.8) is 0 Å². The van der Waals surface area contributed by atoms with Crippen LogP contribution in [-0.2, 0) is 0 Å². The molecular weight excluding hydrogens is 278 g/mol. The Labute approximate surface area is 119 Å². The van der Waals surface area contributed by atoms with Crippen LogP contribution in [-0.4, -0.2) is 21.0 Å². The minimum atomic E-state index is -0.973. The number of H-pyrrole nitrogens is 1. The van der Waals surface area contributed by atoms with Gasteiger partial charge in [-0.3, -0.25) is 0 Å². The lowest BCUT2D eigenvalue weighted by Crippen LogP contribution is -2.02. The Morgan fingerprint density at radius 3 is 2.85 bits per heavy atom. The summed E-state index contributed by atoms with van der Waals surface area (Å²) in [5, 5.41) is 12.6. The minimum absolute atomic E-state index is 0.218. The number of aromatic carboxylic acids is 1. The fourth-order valence-electron chi connectivity index (χ4n) is 1.99. The van der Waals surface area contributed by atoms with Crippen LogP contribution in [0.5, 0.6) is 0 Å². The van der Waals surface area contributed by atoms with Crippen molar-refractivity contribution in [2.24, 2.45) is 0 Å². The van der Waals surface area contributed by atoms with E-state index in [4.69, 9.17) is 16.7 Å². The van der Waals surface area contributed by atoms with Crippen LogP contribution in [0.25, 0.3) is 11.0 Å². The van der Waals surface area contributed by atoms with Crippen LogP contribution in [0.3, 0.4) is 0 Å². The Balaban J connectivity index is 1.98. The molecule has 0 spiro atoms. The Kier molecular flexibility index (Phi) is 3.04. The van der Waals surface area contributed by atoms with Crippen molar-refractivity contribution in [2.45, 2.75) is 0 Å². The number of fused-ring (bicyclic) bond motifs is 1. The van der Waals surface area contributed by atoms with E-state index in [-0.39, 0.29) is 5.56 Å². The molecule has 0 aliphatic carbocycles. The summed E-state index contributed by atoms with van der Waals surface area (Å²) in [6, 6.07) is 12.2. The van der Waals surface area contributed by atoms with Gasteiger partial charge in [0.1, 0.15) is 0 Å². The van der Waals surface area contributed by atoms with Gasteiger partial charge in [0.15, 0.2) is 0 Å². The van der Waals surface area contributed by atoms with Gasteiger partial charge in [0, 0.05) is 5.69 Å². The van der Waals surface area contributed by atoms with Crippen LogP contribution in [0.2, 0.25) is 5.28 Å². The number of benzene rings is 2. The van der Waals surface area contributed by atoms with Gasteiger partial charge in [-0.1, -0.05) is 12.1 Å². The van der Waals surface area contributed by atoms with Crippen LogP contribution in [0.1, 0.15) is 10.4 Å². The van der Waals surface area contributed by atoms with E-state index in [0.29, 0.717) is 11.0 Å². The van der Waals surface area contributed by atoms with Crippen molar-refractivity contribution >= 4 is 40.0 Å². The second-order valence-corrected chi connectivity index (χ2v) is 4.59. The first-order valence-electron chi connectivity index (χ1n) is 5.88. The van der Waals surface area contributed by atoms with Gasteiger partial charge in [0.05, 0.1) is 22.3 Å². The number of carboxylic acids is 1. The molecule has 1 heterocycles. The zero-order valence-corrected chi connectivity index (χ0v) is 11.0. The quantitative estimate of drug-likeness (QED) is 0.687. The maximum Gasteiger partial charge on any atom is 0.337 e. The zero-order chi connectivity index (χ0) is 14.1. The molecule has 100 valence electrons. The number of imidazole rings is 1. The van der Waals surface area contributed by atoms with Gasteiger partial charge in [-0.15, -0.1) is 0 Å². The number of carboxylic acid groups (broad SMARTS) is 1. The minimum Gasteiger partial charge on any atom is -0.478 e. The Bertz CT molecular complexity index is 798. The van der Waals surface area contributed by atoms with E-state index in [1.165, 1.54) is 0 Å². The molecule has 3 aromatic rings. The second kappa shape index (κ2) is 4.86. The van der Waals surface area contributed by atoms with Crippen LogP contribution in [0.4, 0.5) is 11.4 Å². The number of aromatic nitrogens is 2. The predicted molar refractivity (Wildman–Crippen MR) is 77.8 cm³/mol. The van der Waals surface area contributed by atoms with E-state index in [2.05, 4.69) is 15.3 Å². The summed E-state index contributed by atoms with van der Waals surface area (Å²) in [5.74, 6) is -0.973. The second-order valence-electron chi connectivity index (χ2n) is 4.24. The van der Waals surface area contributed by atoms with Gasteiger partial charge in [-0.05, 0) is 41.9 Å². The van der Waals surface area contributed by atoms with E-state index < -0.39 is 5.97 Å². The number of aromatic amines is 1. The van der Waals surface area contributed by atoms with Gasteiger partial charge in [-0.25, -0.2) is 9.78 Å². The SMILES string of the molecule is O=C(O)c1ccccc1Nc1ccc2nc(Cl)[nH]c2c1. The van der Waals surface area contributed by atoms with Crippen molar-refractivity contribution < 1.29 is 9.90 Å². The normalized spacial score (nSPS) is 10.7. The molecule has 0 aliphatic rings. The summed E-state index contributed by atoms with van der Waals surface area (Å²) >= 11 is 5.80. The highest BCUT2D eigenvalue weighted by Crippen LogP contribution is 2.24. The molecule has 0 fully saturated rings. The van der Waals surface area contributed by atoms with Gasteiger partial charge in [-0.2, -0.15) is 0 Å². The summed E-state index contributed by atoms with van der Waals surface area (Å²) in [5.41, 5.74) is 3.05. The maximum absolute atomic E-state index is 11.2. The Morgan fingerprint density at radius 2 is 2.05 bits per heavy atom. The molecule has 0 amide bonds. The lowest BCUT2D eigenvalue weighted by atomic mass is 10.1. The Morgan fingerprint density at radius 1 is 1.25 bits per heavy atom. The van der Waals surface area contributed by atoms with Gasteiger partial charge >= 0.3 is 5.97 Å². The molecule has 0 unspecified atom stereocenters. The predicted octanol–water partition coefficient (Wildman–Crippen LogP) is 3.66. The third-order valence-corrected chi connectivity index (χ3v) is 3.07. The van der Waals surface area contributed by atoms with Crippen molar-refractivity contribution in [1.29, 1.82) is 0 Å². The number of rotatable bonds is 3. The topological polar surface area (TPSA) is 78.0 Å². The molecule has 20 heavy (non-hydrogen) atoms. The Hall–Kier alpha value is -2.53. The summed E-state index contributed by atoms with van der Waals surface area (Å²) in [7, 11) is 0. The lowest BCUT2D eigenvalue weighted by molar-refractivity contribution is 0.0698. The molecule has 6 heteroatoms. The fourth-order valence-corrected chi connectivity index (χ4v) is 2.18. The largest absolute Gasteiger partial charge is 0.478 e. The number of carbonyl (C=O) groups is 1. The summed E-state index contributed by atoms with van der Waals surface area (Å²) in [4.78, 5) is 18.2.